The summed E-state index contributed by atoms with van der Waals surface area (Å²) < 4.78 is 61.5. The van der Waals surface area contributed by atoms with E-state index in [2.05, 4.69) is 4.74 Å². The number of hydrogen-bond acceptors (Lipinski definition) is 10. The van der Waals surface area contributed by atoms with Crippen molar-refractivity contribution in [3.8, 4) is 0 Å². The van der Waals surface area contributed by atoms with Gasteiger partial charge in [-0.05, 0) is 49.0 Å². The van der Waals surface area contributed by atoms with E-state index in [0.717, 1.165) is 31.2 Å². The first-order valence-corrected chi connectivity index (χ1v) is 16.1. The van der Waals surface area contributed by atoms with Gasteiger partial charge in [-0.2, -0.15) is 16.8 Å². The summed E-state index contributed by atoms with van der Waals surface area (Å²) >= 11 is 0. The second-order valence-corrected chi connectivity index (χ2v) is 12.7. The molecule has 1 aromatic carbocycles. The van der Waals surface area contributed by atoms with E-state index in [4.69, 9.17) is 13.8 Å². The maximum Gasteiger partial charge on any atom is 0.331 e. The molecule has 3 rings (SSSR count). The Morgan fingerprint density at radius 2 is 1.59 bits per heavy atom. The van der Waals surface area contributed by atoms with Crippen LogP contribution in [0.15, 0.2) is 30.3 Å². The van der Waals surface area contributed by atoms with E-state index in [1.165, 1.54) is 7.11 Å². The van der Waals surface area contributed by atoms with Crippen LogP contribution in [0.2, 0.25) is 0 Å². The monoisotopic (exact) mass is 596 g/mol. The SMILES string of the molecule is COC(=O)COCCCC[C@@H]1C(=O)CC2C(C(O)C(O)CCc3ccccc3)C21.CS(=O)(=O)O.CS(=O)(=O)O. The number of aryl methyl sites for hydroxylation is 1. The molecule has 0 aromatic heterocycles. The number of ketones is 1. The molecule has 39 heavy (non-hydrogen) atoms. The van der Waals surface area contributed by atoms with Crippen LogP contribution in [0, 0.1) is 23.7 Å². The fourth-order valence-corrected chi connectivity index (χ4v) is 4.87. The lowest BCUT2D eigenvalue weighted by molar-refractivity contribution is -0.145. The molecule has 2 aliphatic rings. The fraction of sp³-hybridized carbons (Fsp3) is 0.680. The highest BCUT2D eigenvalue weighted by Gasteiger charge is 2.64. The molecular formula is C25H40O12S2. The molecule has 0 spiro atoms. The van der Waals surface area contributed by atoms with Gasteiger partial charge >= 0.3 is 5.97 Å². The molecular weight excluding hydrogens is 556 g/mol. The molecule has 0 bridgehead atoms. The number of aliphatic hydroxyl groups is 2. The van der Waals surface area contributed by atoms with Crippen LogP contribution in [-0.2, 0) is 45.7 Å². The van der Waals surface area contributed by atoms with Gasteiger partial charge in [0.05, 0.1) is 31.8 Å². The molecule has 6 atom stereocenters. The molecule has 4 N–H and O–H groups in total. The number of fused-ring (bicyclic) bond motifs is 1. The second-order valence-electron chi connectivity index (χ2n) is 9.77. The van der Waals surface area contributed by atoms with Crippen molar-refractivity contribution >= 4 is 32.0 Å². The van der Waals surface area contributed by atoms with Gasteiger partial charge in [0.2, 0.25) is 0 Å². The third kappa shape index (κ3) is 15.4. The van der Waals surface area contributed by atoms with Gasteiger partial charge < -0.3 is 19.7 Å². The average molecular weight is 597 g/mol. The van der Waals surface area contributed by atoms with Crippen molar-refractivity contribution in [3.63, 3.8) is 0 Å². The summed E-state index contributed by atoms with van der Waals surface area (Å²) in [6, 6.07) is 9.95. The zero-order valence-electron chi connectivity index (χ0n) is 22.4. The first kappa shape index (κ1) is 35.1. The number of carbonyl (C=O) groups is 2. The summed E-state index contributed by atoms with van der Waals surface area (Å²) in [6.45, 7) is 0.424. The number of esters is 1. The Balaban J connectivity index is 0.000000650. The van der Waals surface area contributed by atoms with Gasteiger partial charge in [-0.3, -0.25) is 13.9 Å². The normalized spacial score (nSPS) is 23.3. The van der Waals surface area contributed by atoms with Crippen LogP contribution in [0.25, 0.3) is 0 Å². The van der Waals surface area contributed by atoms with Crippen molar-refractivity contribution in [2.75, 3.05) is 32.8 Å². The lowest BCUT2D eigenvalue weighted by atomic mass is 9.89. The maximum atomic E-state index is 12.3. The van der Waals surface area contributed by atoms with Gasteiger partial charge in [0.1, 0.15) is 12.4 Å². The van der Waals surface area contributed by atoms with Crippen LogP contribution < -0.4 is 0 Å². The Morgan fingerprint density at radius 3 is 2.13 bits per heavy atom. The van der Waals surface area contributed by atoms with Crippen molar-refractivity contribution < 1.29 is 55.2 Å². The van der Waals surface area contributed by atoms with Crippen LogP contribution in [-0.4, -0.2) is 92.9 Å². The van der Waals surface area contributed by atoms with Gasteiger partial charge in [-0.1, -0.05) is 36.8 Å². The highest BCUT2D eigenvalue weighted by Crippen LogP contribution is 2.62. The number of unbranched alkanes of at least 4 members (excludes halogenated alkanes) is 1. The first-order chi connectivity index (χ1) is 18.0. The quantitative estimate of drug-likeness (QED) is 0.153. The highest BCUT2D eigenvalue weighted by atomic mass is 32.2. The van der Waals surface area contributed by atoms with E-state index in [-0.39, 0.29) is 42.0 Å². The van der Waals surface area contributed by atoms with E-state index in [1.54, 1.807) is 0 Å². The van der Waals surface area contributed by atoms with Crippen LogP contribution in [0.5, 0.6) is 0 Å². The predicted molar refractivity (Wildman–Crippen MR) is 142 cm³/mol. The third-order valence-electron chi connectivity index (χ3n) is 6.47. The standard InChI is InChI=1S/C23H32O6.2CH4O3S/c1-28-20(26)14-29-12-6-5-9-16-19(25)13-17-21(16)22(17)23(27)18(24)11-10-15-7-3-2-4-8-15;2*1-5(2,3)4/h2-4,7-8,16-18,21-24,27H,5-6,9-14H2,1H3;2*1H3,(H,2,3,4)/t16-,17?,18?,21?,22?,23?;;/m1../s1. The van der Waals surface area contributed by atoms with Crippen molar-refractivity contribution in [2.24, 2.45) is 23.7 Å². The summed E-state index contributed by atoms with van der Waals surface area (Å²) in [5.41, 5.74) is 1.15. The predicted octanol–water partition coefficient (Wildman–Crippen LogP) is 1.16. The van der Waals surface area contributed by atoms with Gasteiger partial charge in [0, 0.05) is 18.9 Å². The molecule has 0 saturated heterocycles. The molecule has 0 aliphatic heterocycles. The molecule has 2 saturated carbocycles. The third-order valence-corrected chi connectivity index (χ3v) is 6.47. The molecule has 2 fully saturated rings. The molecule has 0 amide bonds. The van der Waals surface area contributed by atoms with Gasteiger partial charge in [0.25, 0.3) is 20.2 Å². The van der Waals surface area contributed by atoms with Gasteiger partial charge in [-0.15, -0.1) is 0 Å². The minimum absolute atomic E-state index is 0.0124. The van der Waals surface area contributed by atoms with Crippen LogP contribution in [0.3, 0.4) is 0 Å². The van der Waals surface area contributed by atoms with Crippen LogP contribution in [0.1, 0.15) is 37.7 Å². The van der Waals surface area contributed by atoms with Gasteiger partial charge in [0.15, 0.2) is 0 Å². The summed E-state index contributed by atoms with van der Waals surface area (Å²) in [7, 11) is -6.01. The van der Waals surface area contributed by atoms with Crippen molar-refractivity contribution in [3.05, 3.63) is 35.9 Å². The molecule has 224 valence electrons. The number of hydrogen-bond donors (Lipinski definition) is 4. The average Bonchev–Trinajstić information content (AvgIpc) is 3.42. The number of aliphatic hydroxyl groups excluding tert-OH is 2. The van der Waals surface area contributed by atoms with Crippen LogP contribution >= 0.6 is 0 Å². The lowest BCUT2D eigenvalue weighted by Crippen LogP contribution is -2.32. The van der Waals surface area contributed by atoms with E-state index in [1.807, 2.05) is 30.3 Å². The molecule has 12 nitrogen and oxygen atoms in total. The van der Waals surface area contributed by atoms with Crippen molar-refractivity contribution in [1.29, 1.82) is 0 Å². The minimum atomic E-state index is -3.67. The molecule has 0 heterocycles. The molecule has 2 aliphatic carbocycles. The molecule has 0 radical (unpaired) electrons. The highest BCUT2D eigenvalue weighted by molar-refractivity contribution is 7.85. The van der Waals surface area contributed by atoms with Gasteiger partial charge in [-0.25, -0.2) is 4.79 Å². The largest absolute Gasteiger partial charge is 0.467 e. The van der Waals surface area contributed by atoms with E-state index in [0.29, 0.717) is 32.0 Å². The number of methoxy groups -OCH3 is 1. The first-order valence-electron chi connectivity index (χ1n) is 12.4. The summed E-state index contributed by atoms with van der Waals surface area (Å²) in [6.07, 6.45) is 4.12. The molecule has 14 heteroatoms. The molecule has 1 aromatic rings. The Labute approximate surface area is 230 Å². The van der Waals surface area contributed by atoms with E-state index in [9.17, 15) is 36.6 Å². The summed E-state index contributed by atoms with van der Waals surface area (Å²) in [4.78, 5) is 23.3. The topological polar surface area (TPSA) is 202 Å². The number of Topliss-reactive ketones (excluding diaryl/α,β-unsaturated/α-hetero) is 1. The van der Waals surface area contributed by atoms with E-state index < -0.39 is 32.4 Å². The smallest absolute Gasteiger partial charge is 0.331 e. The fourth-order valence-electron chi connectivity index (χ4n) is 4.87. The Morgan fingerprint density at radius 1 is 1.03 bits per heavy atom. The number of carbonyl (C=O) groups excluding carboxylic acids is 2. The summed E-state index contributed by atoms with van der Waals surface area (Å²) in [5.74, 6) is 0.363. The Bertz CT molecular complexity index is 1060. The number of rotatable bonds is 12. The Kier molecular flexibility index (Phi) is 14.7. The number of benzene rings is 1. The number of ether oxygens (including phenoxy) is 2. The zero-order valence-corrected chi connectivity index (χ0v) is 24.0. The van der Waals surface area contributed by atoms with Crippen molar-refractivity contribution in [1.82, 2.24) is 0 Å². The zero-order chi connectivity index (χ0) is 29.8. The lowest BCUT2D eigenvalue weighted by Gasteiger charge is -2.21. The van der Waals surface area contributed by atoms with Crippen LogP contribution in [0.4, 0.5) is 0 Å². The van der Waals surface area contributed by atoms with Crippen molar-refractivity contribution in [2.45, 2.75) is 50.7 Å². The maximum absolute atomic E-state index is 12.3. The second kappa shape index (κ2) is 16.4. The Hall–Kier alpha value is -1.94. The molecule has 5 unspecified atom stereocenters. The minimum Gasteiger partial charge on any atom is -0.467 e. The van der Waals surface area contributed by atoms with E-state index >= 15 is 0 Å². The summed E-state index contributed by atoms with van der Waals surface area (Å²) in [5, 5.41) is 21.1.